The van der Waals surface area contributed by atoms with Gasteiger partial charge >= 0.3 is 6.36 Å². The Kier molecular flexibility index (Phi) is 6.45. The van der Waals surface area contributed by atoms with Gasteiger partial charge in [0, 0.05) is 17.8 Å². The first-order valence-corrected chi connectivity index (χ1v) is 12.0. The van der Waals surface area contributed by atoms with Gasteiger partial charge in [-0.2, -0.15) is 0 Å². The molecule has 1 N–H and O–H groups in total. The van der Waals surface area contributed by atoms with Gasteiger partial charge in [-0.15, -0.1) is 13.2 Å². The highest BCUT2D eigenvalue weighted by Crippen LogP contribution is 2.51. The van der Waals surface area contributed by atoms with Crippen molar-refractivity contribution in [3.8, 4) is 11.5 Å². The summed E-state index contributed by atoms with van der Waals surface area (Å²) in [4.78, 5) is 4.71. The van der Waals surface area contributed by atoms with E-state index in [-0.39, 0.29) is 28.7 Å². The fourth-order valence-corrected chi connectivity index (χ4v) is 5.72. The molecule has 0 bridgehead atoms. The van der Waals surface area contributed by atoms with E-state index in [2.05, 4.69) is 42.3 Å². The second-order valence-electron chi connectivity index (χ2n) is 11.4. The molecule has 0 radical (unpaired) electrons. The summed E-state index contributed by atoms with van der Waals surface area (Å²) in [6.45, 7) is 13.0. The van der Waals surface area contributed by atoms with Gasteiger partial charge in [0.1, 0.15) is 11.5 Å². The molecule has 2 aromatic carbocycles. The number of benzene rings is 2. The van der Waals surface area contributed by atoms with Crippen LogP contribution in [0.1, 0.15) is 66.8 Å². The summed E-state index contributed by atoms with van der Waals surface area (Å²) in [6, 6.07) is 12.1. The number of anilines is 2. The van der Waals surface area contributed by atoms with E-state index in [1.165, 1.54) is 12.1 Å². The zero-order valence-corrected chi connectivity index (χ0v) is 21.2. The number of fused-ring (bicyclic) bond motifs is 1. The maximum Gasteiger partial charge on any atom is 0.573 e. The highest BCUT2D eigenvalue weighted by atomic mass is 19.4. The molecule has 8 heteroatoms. The fourth-order valence-electron chi connectivity index (χ4n) is 5.72. The number of nitrogens with zero attached hydrogens (tertiary/aromatic N) is 2. The predicted molar refractivity (Wildman–Crippen MR) is 132 cm³/mol. The van der Waals surface area contributed by atoms with Gasteiger partial charge in [-0.05, 0) is 80.3 Å². The molecular formula is C27H34F3N3O2. The van der Waals surface area contributed by atoms with Gasteiger partial charge < -0.3 is 19.4 Å². The van der Waals surface area contributed by atoms with Crippen LogP contribution in [0.5, 0.6) is 11.5 Å². The van der Waals surface area contributed by atoms with E-state index in [9.17, 15) is 13.2 Å². The molecule has 0 saturated heterocycles. The first kappa shape index (κ1) is 25.2. The van der Waals surface area contributed by atoms with Crippen LogP contribution >= 0.6 is 0 Å². The Morgan fingerprint density at radius 3 is 2.14 bits per heavy atom. The quantitative estimate of drug-likeness (QED) is 0.379. The lowest BCUT2D eigenvalue weighted by atomic mass is 9.63. The second-order valence-corrected chi connectivity index (χ2v) is 11.4. The van der Waals surface area contributed by atoms with Crippen molar-refractivity contribution in [3.05, 3.63) is 42.5 Å². The van der Waals surface area contributed by atoms with E-state index < -0.39 is 6.36 Å². The molecule has 0 aliphatic heterocycles. The lowest BCUT2D eigenvalue weighted by Gasteiger charge is -2.45. The molecule has 190 valence electrons. The van der Waals surface area contributed by atoms with Crippen LogP contribution in [-0.4, -0.2) is 22.0 Å². The van der Waals surface area contributed by atoms with Crippen LogP contribution in [0.2, 0.25) is 0 Å². The summed E-state index contributed by atoms with van der Waals surface area (Å²) in [7, 11) is 0. The van der Waals surface area contributed by atoms with Gasteiger partial charge in [0.2, 0.25) is 5.95 Å². The third-order valence-corrected chi connectivity index (χ3v) is 6.28. The summed E-state index contributed by atoms with van der Waals surface area (Å²) in [5.41, 5.74) is 2.29. The third kappa shape index (κ3) is 6.21. The normalized spacial score (nSPS) is 18.1. The molecule has 0 spiro atoms. The molecule has 1 fully saturated rings. The Morgan fingerprint density at radius 2 is 1.57 bits per heavy atom. The average Bonchev–Trinajstić information content (AvgIpc) is 3.02. The lowest BCUT2D eigenvalue weighted by molar-refractivity contribution is -0.274. The zero-order valence-electron chi connectivity index (χ0n) is 21.2. The highest BCUT2D eigenvalue weighted by Gasteiger charge is 2.40. The number of aromatic nitrogens is 2. The van der Waals surface area contributed by atoms with E-state index in [1.807, 2.05) is 38.1 Å². The van der Waals surface area contributed by atoms with E-state index in [0.29, 0.717) is 11.5 Å². The summed E-state index contributed by atoms with van der Waals surface area (Å²) >= 11 is 0. The van der Waals surface area contributed by atoms with Crippen LogP contribution in [0.15, 0.2) is 42.5 Å². The first-order chi connectivity index (χ1) is 16.2. The fraction of sp³-hybridized carbons (Fsp3) is 0.519. The molecule has 1 aromatic heterocycles. The molecular weight excluding hydrogens is 455 g/mol. The Morgan fingerprint density at radius 1 is 0.971 bits per heavy atom. The van der Waals surface area contributed by atoms with Crippen LogP contribution in [0, 0.1) is 10.8 Å². The molecule has 3 aromatic rings. The van der Waals surface area contributed by atoms with Crippen molar-refractivity contribution in [3.63, 3.8) is 0 Å². The number of imidazole rings is 1. The Hall–Kier alpha value is -2.90. The Bertz CT molecular complexity index is 1160. The van der Waals surface area contributed by atoms with Crippen molar-refractivity contribution in [1.82, 2.24) is 9.55 Å². The smallest absolute Gasteiger partial charge is 0.491 e. The second kappa shape index (κ2) is 8.95. The summed E-state index contributed by atoms with van der Waals surface area (Å²) in [5.74, 6) is 1.09. The van der Waals surface area contributed by atoms with Gasteiger partial charge in [0.25, 0.3) is 0 Å². The number of nitrogens with one attached hydrogen (secondary N) is 1. The minimum Gasteiger partial charge on any atom is -0.491 e. The predicted octanol–water partition coefficient (Wildman–Crippen LogP) is 8.24. The summed E-state index contributed by atoms with van der Waals surface area (Å²) < 4.78 is 50.5. The van der Waals surface area contributed by atoms with Crippen molar-refractivity contribution >= 4 is 22.7 Å². The number of hydrogen-bond donors (Lipinski definition) is 1. The number of hydrogen-bond acceptors (Lipinski definition) is 4. The average molecular weight is 490 g/mol. The topological polar surface area (TPSA) is 48.3 Å². The molecule has 1 aliphatic rings. The van der Waals surface area contributed by atoms with Gasteiger partial charge in [-0.25, -0.2) is 4.98 Å². The number of rotatable bonds is 6. The zero-order chi connectivity index (χ0) is 25.6. The van der Waals surface area contributed by atoms with Gasteiger partial charge in [0.05, 0.1) is 17.1 Å². The maximum absolute atomic E-state index is 12.8. The molecule has 1 heterocycles. The largest absolute Gasteiger partial charge is 0.573 e. The molecule has 0 atom stereocenters. The Labute approximate surface area is 204 Å². The van der Waals surface area contributed by atoms with Crippen molar-refractivity contribution < 1.29 is 22.6 Å². The van der Waals surface area contributed by atoms with Crippen LogP contribution in [0.3, 0.4) is 0 Å². The number of ether oxygens (including phenoxy) is 2. The van der Waals surface area contributed by atoms with Crippen molar-refractivity contribution in [2.45, 2.75) is 79.3 Å². The molecule has 0 amide bonds. The van der Waals surface area contributed by atoms with Crippen molar-refractivity contribution in [1.29, 1.82) is 0 Å². The minimum absolute atomic E-state index is 0.0733. The monoisotopic (exact) mass is 489 g/mol. The lowest BCUT2D eigenvalue weighted by Crippen LogP contribution is -2.35. The number of halogens is 3. The van der Waals surface area contributed by atoms with Crippen LogP contribution < -0.4 is 14.8 Å². The van der Waals surface area contributed by atoms with Gasteiger partial charge in [-0.3, -0.25) is 0 Å². The van der Waals surface area contributed by atoms with Gasteiger partial charge in [0.15, 0.2) is 0 Å². The number of alkyl halides is 3. The standard InChI is InChI=1S/C27H34F3N3O2/c1-17(2)34-20-9-7-18(8-10-20)31-24-32-22-13-21(35-27(28,29)30)11-12-23(22)33(24)19-14-25(3,4)16-26(5,6)15-19/h7-13,17,19H,14-16H2,1-6H3,(H,31,32). The van der Waals surface area contributed by atoms with Crippen LogP contribution in [0.4, 0.5) is 24.8 Å². The van der Waals surface area contributed by atoms with Crippen molar-refractivity contribution in [2.24, 2.45) is 10.8 Å². The first-order valence-electron chi connectivity index (χ1n) is 12.0. The van der Waals surface area contributed by atoms with Gasteiger partial charge in [-0.1, -0.05) is 27.7 Å². The molecule has 4 rings (SSSR count). The molecule has 1 saturated carbocycles. The summed E-state index contributed by atoms with van der Waals surface area (Å²) in [5, 5.41) is 3.40. The van der Waals surface area contributed by atoms with E-state index >= 15 is 0 Å². The molecule has 1 aliphatic carbocycles. The SMILES string of the molecule is CC(C)Oc1ccc(Nc2nc3cc(OC(F)(F)F)ccc3n2C2CC(C)(C)CC(C)(C)C2)cc1. The Balaban J connectivity index is 1.75. The van der Waals surface area contributed by atoms with Crippen LogP contribution in [-0.2, 0) is 0 Å². The highest BCUT2D eigenvalue weighted by molar-refractivity contribution is 5.81. The van der Waals surface area contributed by atoms with E-state index in [0.717, 1.165) is 36.2 Å². The maximum atomic E-state index is 12.8. The molecule has 0 unspecified atom stereocenters. The van der Waals surface area contributed by atoms with Crippen molar-refractivity contribution in [2.75, 3.05) is 5.32 Å². The third-order valence-electron chi connectivity index (χ3n) is 6.28. The van der Waals surface area contributed by atoms with E-state index in [4.69, 9.17) is 9.72 Å². The minimum atomic E-state index is -4.76. The van der Waals surface area contributed by atoms with Crippen LogP contribution in [0.25, 0.3) is 11.0 Å². The summed E-state index contributed by atoms with van der Waals surface area (Å²) in [6.07, 6.45) is -1.69. The molecule has 5 nitrogen and oxygen atoms in total. The van der Waals surface area contributed by atoms with E-state index in [1.54, 1.807) is 6.07 Å². The molecule has 35 heavy (non-hydrogen) atoms.